The van der Waals surface area contributed by atoms with Crippen molar-refractivity contribution in [1.29, 1.82) is 5.26 Å². The number of nitriles is 1. The van der Waals surface area contributed by atoms with Crippen molar-refractivity contribution in [2.45, 2.75) is 57.8 Å². The second-order valence-electron chi connectivity index (χ2n) is 5.63. The van der Waals surface area contributed by atoms with Crippen molar-refractivity contribution in [3.8, 4) is 6.07 Å². The summed E-state index contributed by atoms with van der Waals surface area (Å²) in [6, 6.07) is 1.58. The fraction of sp³-hybridized carbons (Fsp3) is 0.667. The first kappa shape index (κ1) is 22.7. The number of ether oxygens (including phenoxy) is 5. The van der Waals surface area contributed by atoms with Crippen molar-refractivity contribution >= 4 is 23.9 Å². The van der Waals surface area contributed by atoms with E-state index in [4.69, 9.17) is 29.2 Å². The Labute approximate surface area is 159 Å². The summed E-state index contributed by atoms with van der Waals surface area (Å²) in [5.41, 5.74) is 6.37. The zero-order chi connectivity index (χ0) is 21.5. The molecule has 1 aliphatic rings. The Bertz CT molecular complexity index is 742. The highest BCUT2D eigenvalue weighted by molar-refractivity contribution is 5.69. The fourth-order valence-electron chi connectivity index (χ4n) is 2.54. The highest BCUT2D eigenvalue weighted by Crippen LogP contribution is 2.36. The maximum absolute atomic E-state index is 11.6. The number of carbonyl (C=O) groups is 4. The molecule has 1 saturated heterocycles. The van der Waals surface area contributed by atoms with E-state index in [0.717, 1.165) is 27.7 Å². The summed E-state index contributed by atoms with van der Waals surface area (Å²) in [5, 5.41) is 12.8. The number of azide groups is 1. The van der Waals surface area contributed by atoms with E-state index in [1.165, 1.54) is 0 Å². The Morgan fingerprint density at radius 1 is 1.04 bits per heavy atom. The van der Waals surface area contributed by atoms with E-state index in [0.29, 0.717) is 0 Å². The molecule has 13 heteroatoms. The van der Waals surface area contributed by atoms with Crippen LogP contribution in [-0.2, 0) is 42.9 Å². The van der Waals surface area contributed by atoms with E-state index in [1.54, 1.807) is 6.07 Å². The molecule has 4 unspecified atom stereocenters. The first-order valence-corrected chi connectivity index (χ1v) is 7.86. The Morgan fingerprint density at radius 2 is 1.57 bits per heavy atom. The molecule has 0 saturated carbocycles. The molecule has 1 rings (SSSR count). The third-order valence-corrected chi connectivity index (χ3v) is 3.41. The number of rotatable bonds is 6. The minimum Gasteiger partial charge on any atom is -0.463 e. The lowest BCUT2D eigenvalue weighted by Gasteiger charge is -2.46. The van der Waals surface area contributed by atoms with Crippen molar-refractivity contribution in [3.63, 3.8) is 0 Å². The summed E-state index contributed by atoms with van der Waals surface area (Å²) < 4.78 is 25.5. The van der Waals surface area contributed by atoms with Crippen LogP contribution in [-0.4, -0.2) is 60.6 Å². The number of hydrogen-bond acceptors (Lipinski definition) is 11. The van der Waals surface area contributed by atoms with Crippen molar-refractivity contribution in [3.05, 3.63) is 10.4 Å². The molecule has 1 heterocycles. The first-order chi connectivity index (χ1) is 13.1. The van der Waals surface area contributed by atoms with Gasteiger partial charge in [-0.3, -0.25) is 19.2 Å². The van der Waals surface area contributed by atoms with Crippen molar-refractivity contribution in [1.82, 2.24) is 0 Å². The second kappa shape index (κ2) is 9.54. The van der Waals surface area contributed by atoms with E-state index < -0.39 is 60.6 Å². The number of nitrogens with zero attached hydrogens (tertiary/aromatic N) is 4. The molecule has 0 spiro atoms. The standard InChI is InChI=1S/C15H18N4O9/c1-7(20)24-5-11-12(25-8(2)21)13(26-9(3)22)14(27-10(4)23)15(6-16,28-11)18-19-17/h11-14H,5H2,1-4H3/t11?,12?,13?,14?,15-/m1/s1. The predicted octanol–water partition coefficient (Wildman–Crippen LogP) is 0.274. The van der Waals surface area contributed by atoms with Crippen LogP contribution in [0.3, 0.4) is 0 Å². The van der Waals surface area contributed by atoms with Gasteiger partial charge in [-0.25, -0.2) is 0 Å². The van der Waals surface area contributed by atoms with Crippen LogP contribution in [0, 0.1) is 11.3 Å². The average molecular weight is 398 g/mol. The van der Waals surface area contributed by atoms with Crippen LogP contribution >= 0.6 is 0 Å². The third-order valence-electron chi connectivity index (χ3n) is 3.41. The van der Waals surface area contributed by atoms with E-state index in [9.17, 15) is 24.4 Å². The molecule has 0 aliphatic carbocycles. The third kappa shape index (κ3) is 5.57. The molecule has 0 N–H and O–H groups in total. The van der Waals surface area contributed by atoms with Gasteiger partial charge in [-0.2, -0.15) is 5.26 Å². The van der Waals surface area contributed by atoms with Crippen LogP contribution in [0.25, 0.3) is 10.4 Å². The molecular formula is C15H18N4O9. The van der Waals surface area contributed by atoms with Crippen LogP contribution in [0.2, 0.25) is 0 Å². The molecule has 0 aromatic rings. The number of carbonyl (C=O) groups excluding carboxylic acids is 4. The van der Waals surface area contributed by atoms with Crippen LogP contribution in [0.4, 0.5) is 0 Å². The summed E-state index contributed by atoms with van der Waals surface area (Å²) in [5.74, 6) is -3.34. The summed E-state index contributed by atoms with van der Waals surface area (Å²) in [7, 11) is 0. The Balaban J connectivity index is 3.55. The number of hydrogen-bond donors (Lipinski definition) is 0. The molecule has 0 bridgehead atoms. The van der Waals surface area contributed by atoms with Crippen LogP contribution in [0.15, 0.2) is 5.11 Å². The van der Waals surface area contributed by atoms with Gasteiger partial charge >= 0.3 is 23.9 Å². The molecular weight excluding hydrogens is 380 g/mol. The van der Waals surface area contributed by atoms with Crippen molar-refractivity contribution < 1.29 is 42.9 Å². The van der Waals surface area contributed by atoms with Gasteiger partial charge in [-0.1, -0.05) is 0 Å². The van der Waals surface area contributed by atoms with Gasteiger partial charge in [0.15, 0.2) is 18.3 Å². The van der Waals surface area contributed by atoms with Gasteiger partial charge in [0.25, 0.3) is 5.72 Å². The maximum Gasteiger partial charge on any atom is 0.303 e. The quantitative estimate of drug-likeness (QED) is 0.197. The Hall–Kier alpha value is -3.36. The topological polar surface area (TPSA) is 187 Å². The molecule has 0 aromatic heterocycles. The normalized spacial score (nSPS) is 28.7. The first-order valence-electron chi connectivity index (χ1n) is 7.86. The molecule has 28 heavy (non-hydrogen) atoms. The number of esters is 4. The molecule has 1 fully saturated rings. The summed E-state index contributed by atoms with van der Waals surface area (Å²) in [6.07, 6.45) is -6.19. The van der Waals surface area contributed by atoms with Gasteiger partial charge < -0.3 is 23.7 Å². The van der Waals surface area contributed by atoms with Crippen LogP contribution in [0.1, 0.15) is 27.7 Å². The molecule has 0 amide bonds. The zero-order valence-electron chi connectivity index (χ0n) is 15.5. The van der Waals surface area contributed by atoms with Gasteiger partial charge in [-0.05, 0) is 10.6 Å². The van der Waals surface area contributed by atoms with Crippen molar-refractivity contribution in [2.24, 2.45) is 5.11 Å². The highest BCUT2D eigenvalue weighted by atomic mass is 16.7. The smallest absolute Gasteiger partial charge is 0.303 e. The maximum atomic E-state index is 11.6. The minimum absolute atomic E-state index is 0.539. The Morgan fingerprint density at radius 3 is 2.00 bits per heavy atom. The van der Waals surface area contributed by atoms with Gasteiger partial charge in [-0.15, -0.1) is 0 Å². The molecule has 1 aliphatic heterocycles. The fourth-order valence-corrected chi connectivity index (χ4v) is 2.54. The predicted molar refractivity (Wildman–Crippen MR) is 85.7 cm³/mol. The molecule has 5 atom stereocenters. The minimum atomic E-state index is -2.48. The zero-order valence-corrected chi connectivity index (χ0v) is 15.5. The van der Waals surface area contributed by atoms with Gasteiger partial charge in [0.1, 0.15) is 18.8 Å². The molecule has 0 radical (unpaired) electrons. The lowest BCUT2D eigenvalue weighted by molar-refractivity contribution is -0.269. The molecule has 152 valence electrons. The second-order valence-corrected chi connectivity index (χ2v) is 5.63. The van der Waals surface area contributed by atoms with E-state index in [1.807, 2.05) is 0 Å². The highest BCUT2D eigenvalue weighted by Gasteiger charge is 2.60. The van der Waals surface area contributed by atoms with E-state index >= 15 is 0 Å². The monoisotopic (exact) mass is 398 g/mol. The SMILES string of the molecule is CC(=O)OCC1O[C@@](C#N)(N=[N+]=[N-])C(OC(C)=O)C(OC(C)=O)C1OC(C)=O. The van der Waals surface area contributed by atoms with Crippen LogP contribution in [0.5, 0.6) is 0 Å². The van der Waals surface area contributed by atoms with Crippen molar-refractivity contribution in [2.75, 3.05) is 6.61 Å². The summed E-state index contributed by atoms with van der Waals surface area (Å²) in [4.78, 5) is 48.3. The van der Waals surface area contributed by atoms with E-state index in [-0.39, 0.29) is 0 Å². The lowest BCUT2D eigenvalue weighted by Crippen LogP contribution is -2.66. The van der Waals surface area contributed by atoms with Gasteiger partial charge in [0, 0.05) is 32.6 Å². The largest absolute Gasteiger partial charge is 0.463 e. The average Bonchev–Trinajstić information content (AvgIpc) is 2.57. The summed E-state index contributed by atoms with van der Waals surface area (Å²) >= 11 is 0. The van der Waals surface area contributed by atoms with E-state index in [2.05, 4.69) is 10.0 Å². The summed E-state index contributed by atoms with van der Waals surface area (Å²) in [6.45, 7) is 3.62. The van der Waals surface area contributed by atoms with Crippen LogP contribution < -0.4 is 0 Å². The van der Waals surface area contributed by atoms with Gasteiger partial charge in [0.2, 0.25) is 0 Å². The molecule has 13 nitrogen and oxygen atoms in total. The Kier molecular flexibility index (Phi) is 7.73. The van der Waals surface area contributed by atoms with Gasteiger partial charge in [0.05, 0.1) is 0 Å². The lowest BCUT2D eigenvalue weighted by atomic mass is 9.91. The molecule has 0 aromatic carbocycles.